The number of carbonyl (C=O) groups excluding carboxylic acids is 1. The molecule has 3 aromatic rings. The fourth-order valence-electron chi connectivity index (χ4n) is 2.15. The molecular formula is C17H14ClN3O. The van der Waals surface area contributed by atoms with Crippen molar-refractivity contribution < 1.29 is 4.79 Å². The Hall–Kier alpha value is -2.46. The van der Waals surface area contributed by atoms with E-state index >= 15 is 0 Å². The third kappa shape index (κ3) is 2.78. The Balaban J connectivity index is 2.01. The van der Waals surface area contributed by atoms with Gasteiger partial charge in [0, 0.05) is 5.69 Å². The van der Waals surface area contributed by atoms with Crippen LogP contribution >= 0.6 is 11.6 Å². The number of carbonyl (C=O) groups is 1. The minimum Gasteiger partial charge on any atom is -0.321 e. The minimum absolute atomic E-state index is 0.101. The van der Waals surface area contributed by atoms with Crippen LogP contribution in [0.15, 0.2) is 42.5 Å². The molecule has 0 spiro atoms. The van der Waals surface area contributed by atoms with Crippen LogP contribution in [0.4, 0.5) is 5.69 Å². The molecule has 0 fully saturated rings. The van der Waals surface area contributed by atoms with Gasteiger partial charge in [0.15, 0.2) is 10.8 Å². The quantitative estimate of drug-likeness (QED) is 0.773. The first-order chi connectivity index (χ1) is 10.5. The Labute approximate surface area is 133 Å². The number of para-hydroxylation sites is 1. The molecule has 0 saturated carbocycles. The summed E-state index contributed by atoms with van der Waals surface area (Å²) in [5.41, 5.74) is 4.36. The maximum absolute atomic E-state index is 12.3. The van der Waals surface area contributed by atoms with E-state index in [2.05, 4.69) is 15.3 Å². The van der Waals surface area contributed by atoms with E-state index in [9.17, 15) is 4.79 Å². The standard InChI is InChI=1S/C17H14ClN3O/c1-10-8-13-14(9-11(10)2)21-16(18)15(20-13)17(22)19-12-6-4-3-5-7-12/h3-9H,1-2H3,(H,19,22). The maximum Gasteiger partial charge on any atom is 0.277 e. The number of fused-ring (bicyclic) bond motifs is 1. The average molecular weight is 312 g/mol. The lowest BCUT2D eigenvalue weighted by Gasteiger charge is -2.08. The summed E-state index contributed by atoms with van der Waals surface area (Å²) >= 11 is 6.12. The lowest BCUT2D eigenvalue weighted by molar-refractivity contribution is 0.102. The third-order valence-corrected chi connectivity index (χ3v) is 3.75. The molecule has 0 bridgehead atoms. The van der Waals surface area contributed by atoms with Gasteiger partial charge in [-0.2, -0.15) is 0 Å². The highest BCUT2D eigenvalue weighted by atomic mass is 35.5. The minimum atomic E-state index is -0.371. The number of hydrogen-bond donors (Lipinski definition) is 1. The molecule has 110 valence electrons. The van der Waals surface area contributed by atoms with Crippen molar-refractivity contribution in [1.29, 1.82) is 0 Å². The Morgan fingerprint density at radius 3 is 2.23 bits per heavy atom. The molecule has 0 aliphatic heterocycles. The van der Waals surface area contributed by atoms with Crippen LogP contribution in [0.25, 0.3) is 11.0 Å². The number of nitrogens with one attached hydrogen (secondary N) is 1. The molecule has 2 aromatic carbocycles. The van der Waals surface area contributed by atoms with Crippen molar-refractivity contribution in [2.75, 3.05) is 5.32 Å². The van der Waals surface area contributed by atoms with Crippen LogP contribution in [-0.2, 0) is 0 Å². The number of benzene rings is 2. The van der Waals surface area contributed by atoms with Crippen LogP contribution in [0.2, 0.25) is 5.15 Å². The first-order valence-electron chi connectivity index (χ1n) is 6.85. The second-order valence-corrected chi connectivity index (χ2v) is 5.47. The van der Waals surface area contributed by atoms with Crippen molar-refractivity contribution in [2.24, 2.45) is 0 Å². The van der Waals surface area contributed by atoms with Crippen molar-refractivity contribution >= 4 is 34.2 Å². The number of amides is 1. The second-order valence-electron chi connectivity index (χ2n) is 5.11. The molecule has 3 rings (SSSR count). The van der Waals surface area contributed by atoms with Gasteiger partial charge in [0.25, 0.3) is 5.91 Å². The predicted octanol–water partition coefficient (Wildman–Crippen LogP) is 4.15. The van der Waals surface area contributed by atoms with Gasteiger partial charge in [-0.25, -0.2) is 9.97 Å². The van der Waals surface area contributed by atoms with Crippen LogP contribution in [0.3, 0.4) is 0 Å². The average Bonchev–Trinajstić information content (AvgIpc) is 2.49. The summed E-state index contributed by atoms with van der Waals surface area (Å²) in [7, 11) is 0. The number of aromatic nitrogens is 2. The smallest absolute Gasteiger partial charge is 0.277 e. The summed E-state index contributed by atoms with van der Waals surface area (Å²) in [5, 5.41) is 2.86. The zero-order chi connectivity index (χ0) is 15.7. The van der Waals surface area contributed by atoms with Gasteiger partial charge >= 0.3 is 0 Å². The normalized spacial score (nSPS) is 10.7. The second kappa shape index (κ2) is 5.73. The van der Waals surface area contributed by atoms with Gasteiger partial charge in [0.05, 0.1) is 11.0 Å². The van der Waals surface area contributed by atoms with Crippen LogP contribution < -0.4 is 5.32 Å². The van der Waals surface area contributed by atoms with Gasteiger partial charge in [0.1, 0.15) is 0 Å². The fraction of sp³-hybridized carbons (Fsp3) is 0.118. The van der Waals surface area contributed by atoms with Crippen molar-refractivity contribution in [1.82, 2.24) is 9.97 Å². The Morgan fingerprint density at radius 2 is 1.59 bits per heavy atom. The highest BCUT2D eigenvalue weighted by molar-refractivity contribution is 6.33. The Bertz CT molecular complexity index is 863. The molecule has 1 N–H and O–H groups in total. The first kappa shape index (κ1) is 14.5. The zero-order valence-electron chi connectivity index (χ0n) is 12.2. The van der Waals surface area contributed by atoms with E-state index in [1.54, 1.807) is 12.1 Å². The number of rotatable bonds is 2. The molecule has 4 nitrogen and oxygen atoms in total. The summed E-state index contributed by atoms with van der Waals surface area (Å²) in [6, 6.07) is 13.0. The SMILES string of the molecule is Cc1cc2nc(Cl)c(C(=O)Nc3ccccc3)nc2cc1C. The lowest BCUT2D eigenvalue weighted by Crippen LogP contribution is -2.15. The number of hydrogen-bond acceptors (Lipinski definition) is 3. The largest absolute Gasteiger partial charge is 0.321 e. The molecular weight excluding hydrogens is 298 g/mol. The van der Waals surface area contributed by atoms with E-state index in [1.807, 2.05) is 44.2 Å². The molecule has 1 heterocycles. The zero-order valence-corrected chi connectivity index (χ0v) is 13.0. The molecule has 0 aliphatic carbocycles. The molecule has 5 heteroatoms. The molecule has 0 radical (unpaired) electrons. The number of anilines is 1. The van der Waals surface area contributed by atoms with Gasteiger partial charge < -0.3 is 5.32 Å². The summed E-state index contributed by atoms with van der Waals surface area (Å²) < 4.78 is 0. The molecule has 22 heavy (non-hydrogen) atoms. The van der Waals surface area contributed by atoms with Gasteiger partial charge in [-0.05, 0) is 49.2 Å². The van der Waals surface area contributed by atoms with Crippen LogP contribution in [0.5, 0.6) is 0 Å². The maximum atomic E-state index is 12.3. The lowest BCUT2D eigenvalue weighted by atomic mass is 10.1. The summed E-state index contributed by atoms with van der Waals surface area (Å²) in [6.07, 6.45) is 0. The van der Waals surface area contributed by atoms with Crippen molar-refractivity contribution in [3.8, 4) is 0 Å². The van der Waals surface area contributed by atoms with Crippen molar-refractivity contribution in [3.05, 3.63) is 64.4 Å². The highest BCUT2D eigenvalue weighted by Crippen LogP contribution is 2.21. The van der Waals surface area contributed by atoms with Crippen LogP contribution in [0, 0.1) is 13.8 Å². The Morgan fingerprint density at radius 1 is 1.00 bits per heavy atom. The van der Waals surface area contributed by atoms with Gasteiger partial charge in [-0.15, -0.1) is 0 Å². The summed E-state index contributed by atoms with van der Waals surface area (Å²) in [5.74, 6) is -0.371. The van der Waals surface area contributed by atoms with E-state index in [0.717, 1.165) is 11.1 Å². The monoisotopic (exact) mass is 311 g/mol. The first-order valence-corrected chi connectivity index (χ1v) is 7.23. The number of nitrogens with zero attached hydrogens (tertiary/aromatic N) is 2. The molecule has 0 aliphatic rings. The van der Waals surface area contributed by atoms with Gasteiger partial charge in [0.2, 0.25) is 0 Å². The molecule has 1 aromatic heterocycles. The van der Waals surface area contributed by atoms with Crippen LogP contribution in [-0.4, -0.2) is 15.9 Å². The highest BCUT2D eigenvalue weighted by Gasteiger charge is 2.15. The molecule has 0 unspecified atom stereocenters. The van der Waals surface area contributed by atoms with Gasteiger partial charge in [-0.3, -0.25) is 4.79 Å². The van der Waals surface area contributed by atoms with E-state index in [1.165, 1.54) is 0 Å². The summed E-state index contributed by atoms with van der Waals surface area (Å²) in [6.45, 7) is 4.00. The topological polar surface area (TPSA) is 54.9 Å². The van der Waals surface area contributed by atoms with E-state index in [0.29, 0.717) is 16.7 Å². The van der Waals surface area contributed by atoms with Gasteiger partial charge in [-0.1, -0.05) is 29.8 Å². The van der Waals surface area contributed by atoms with E-state index < -0.39 is 0 Å². The molecule has 1 amide bonds. The van der Waals surface area contributed by atoms with E-state index in [4.69, 9.17) is 11.6 Å². The van der Waals surface area contributed by atoms with Crippen molar-refractivity contribution in [3.63, 3.8) is 0 Å². The number of aryl methyl sites for hydroxylation is 2. The third-order valence-electron chi connectivity index (χ3n) is 3.48. The van der Waals surface area contributed by atoms with Crippen molar-refractivity contribution in [2.45, 2.75) is 13.8 Å². The predicted molar refractivity (Wildman–Crippen MR) is 88.4 cm³/mol. The fourth-order valence-corrected chi connectivity index (χ4v) is 2.37. The van der Waals surface area contributed by atoms with Crippen LogP contribution in [0.1, 0.15) is 21.6 Å². The number of halogens is 1. The molecule has 0 saturated heterocycles. The summed E-state index contributed by atoms with van der Waals surface area (Å²) in [4.78, 5) is 21.0. The van der Waals surface area contributed by atoms with E-state index in [-0.39, 0.29) is 16.8 Å². The molecule has 0 atom stereocenters. The Kier molecular flexibility index (Phi) is 3.77.